The molecule has 2 aromatic carbocycles. The van der Waals surface area contributed by atoms with Crippen molar-refractivity contribution >= 4 is 18.3 Å². The Morgan fingerprint density at radius 3 is 2.57 bits per heavy atom. The van der Waals surface area contributed by atoms with Gasteiger partial charge in [0.2, 0.25) is 0 Å². The first-order valence-electron chi connectivity index (χ1n) is 6.44. The van der Waals surface area contributed by atoms with E-state index in [1.807, 2.05) is 49.4 Å². The molecule has 21 heavy (non-hydrogen) atoms. The average Bonchev–Trinajstić information content (AvgIpc) is 2.52. The average molecular weight is 280 g/mol. The summed E-state index contributed by atoms with van der Waals surface area (Å²) in [6.07, 6.45) is 1.68. The molecule has 0 fully saturated rings. The second-order valence-corrected chi connectivity index (χ2v) is 4.55. The fourth-order valence-corrected chi connectivity index (χ4v) is 2.06. The van der Waals surface area contributed by atoms with Crippen LogP contribution >= 0.6 is 0 Å². The van der Waals surface area contributed by atoms with Crippen LogP contribution in [-0.2, 0) is 0 Å². The van der Waals surface area contributed by atoms with Crippen LogP contribution in [0.3, 0.4) is 0 Å². The van der Waals surface area contributed by atoms with E-state index in [0.717, 1.165) is 16.7 Å². The maximum Gasteiger partial charge on any atom is 0.336 e. The van der Waals surface area contributed by atoms with Crippen molar-refractivity contribution in [1.29, 1.82) is 0 Å². The second kappa shape index (κ2) is 6.52. The smallest absolute Gasteiger partial charge is 0.336 e. The molecule has 4 nitrogen and oxygen atoms in total. The molecule has 0 saturated heterocycles. The summed E-state index contributed by atoms with van der Waals surface area (Å²) in [7, 11) is 0. The number of carboxylic acid groups (broad SMARTS) is 1. The van der Waals surface area contributed by atoms with Gasteiger partial charge in [-0.25, -0.2) is 4.79 Å². The van der Waals surface area contributed by atoms with Crippen molar-refractivity contribution in [3.63, 3.8) is 0 Å². The Balaban J connectivity index is 2.50. The van der Waals surface area contributed by atoms with Crippen molar-refractivity contribution < 1.29 is 9.90 Å². The molecule has 0 aliphatic rings. The van der Waals surface area contributed by atoms with Gasteiger partial charge < -0.3 is 5.11 Å². The quantitative estimate of drug-likeness (QED) is 0.649. The van der Waals surface area contributed by atoms with E-state index in [0.29, 0.717) is 5.56 Å². The zero-order valence-corrected chi connectivity index (χ0v) is 11.7. The van der Waals surface area contributed by atoms with Crippen LogP contribution in [0.2, 0.25) is 0 Å². The number of hydrogen-bond donors (Lipinski definition) is 2. The summed E-state index contributed by atoms with van der Waals surface area (Å²) < 4.78 is 0. The largest absolute Gasteiger partial charge is 0.478 e. The number of rotatable bonds is 5. The van der Waals surface area contributed by atoms with Crippen molar-refractivity contribution in [1.82, 2.24) is 5.43 Å². The SMILES string of the molecule is C=NN/C=C(\C)c1ccc(-c2ccccc2)c(C(=O)O)c1. The van der Waals surface area contributed by atoms with Gasteiger partial charge in [0.1, 0.15) is 0 Å². The van der Waals surface area contributed by atoms with Gasteiger partial charge in [-0.2, -0.15) is 5.10 Å². The first-order valence-corrected chi connectivity index (χ1v) is 6.44. The molecule has 0 bridgehead atoms. The topological polar surface area (TPSA) is 61.7 Å². The van der Waals surface area contributed by atoms with Crippen molar-refractivity contribution in [2.24, 2.45) is 5.10 Å². The molecule has 0 amide bonds. The van der Waals surface area contributed by atoms with E-state index in [4.69, 9.17) is 0 Å². The lowest BCUT2D eigenvalue weighted by Crippen LogP contribution is -2.01. The molecular weight excluding hydrogens is 264 g/mol. The fourth-order valence-electron chi connectivity index (χ4n) is 2.06. The number of allylic oxidation sites excluding steroid dienone is 1. The highest BCUT2D eigenvalue weighted by Gasteiger charge is 2.13. The first kappa shape index (κ1) is 14.5. The Morgan fingerprint density at radius 2 is 1.95 bits per heavy atom. The maximum absolute atomic E-state index is 11.5. The molecule has 0 aliphatic carbocycles. The molecule has 0 spiro atoms. The fraction of sp³-hybridized carbons (Fsp3) is 0.0588. The number of nitrogens with zero attached hydrogens (tertiary/aromatic N) is 1. The predicted octanol–water partition coefficient (Wildman–Crippen LogP) is 3.62. The van der Waals surface area contributed by atoms with Crippen molar-refractivity contribution in [2.45, 2.75) is 6.92 Å². The minimum absolute atomic E-state index is 0.276. The normalized spacial score (nSPS) is 11.0. The van der Waals surface area contributed by atoms with E-state index in [-0.39, 0.29) is 5.56 Å². The van der Waals surface area contributed by atoms with E-state index in [1.165, 1.54) is 0 Å². The summed E-state index contributed by atoms with van der Waals surface area (Å²) >= 11 is 0. The van der Waals surface area contributed by atoms with Crippen molar-refractivity contribution in [3.8, 4) is 11.1 Å². The zero-order valence-electron chi connectivity index (χ0n) is 11.7. The van der Waals surface area contributed by atoms with Crippen LogP contribution in [-0.4, -0.2) is 17.8 Å². The summed E-state index contributed by atoms with van der Waals surface area (Å²) in [5.74, 6) is -0.946. The van der Waals surface area contributed by atoms with Gasteiger partial charge in [-0.15, -0.1) is 0 Å². The lowest BCUT2D eigenvalue weighted by Gasteiger charge is -2.09. The van der Waals surface area contributed by atoms with Crippen LogP contribution in [0.25, 0.3) is 16.7 Å². The van der Waals surface area contributed by atoms with Crippen LogP contribution in [0.1, 0.15) is 22.8 Å². The number of benzene rings is 2. The Hall–Kier alpha value is -2.88. The lowest BCUT2D eigenvalue weighted by atomic mass is 9.95. The van der Waals surface area contributed by atoms with Gasteiger partial charge in [0.05, 0.1) is 5.56 Å². The van der Waals surface area contributed by atoms with Gasteiger partial charge in [0, 0.05) is 12.9 Å². The molecule has 0 radical (unpaired) electrons. The Labute approximate surface area is 123 Å². The molecule has 0 atom stereocenters. The number of carbonyl (C=O) groups is 1. The molecule has 0 aliphatic heterocycles. The van der Waals surface area contributed by atoms with E-state index >= 15 is 0 Å². The summed E-state index contributed by atoms with van der Waals surface area (Å²) in [5, 5.41) is 13.0. The minimum Gasteiger partial charge on any atom is -0.478 e. The third kappa shape index (κ3) is 3.36. The monoisotopic (exact) mass is 280 g/mol. The van der Waals surface area contributed by atoms with E-state index in [2.05, 4.69) is 17.2 Å². The number of hydrazone groups is 1. The number of nitrogens with one attached hydrogen (secondary N) is 1. The number of carboxylic acids is 1. The van der Waals surface area contributed by atoms with Gasteiger partial charge in [-0.3, -0.25) is 5.43 Å². The van der Waals surface area contributed by atoms with E-state index in [1.54, 1.807) is 12.3 Å². The first-order chi connectivity index (χ1) is 10.1. The molecule has 0 unspecified atom stereocenters. The molecule has 0 aromatic heterocycles. The third-order valence-corrected chi connectivity index (χ3v) is 3.16. The molecule has 0 saturated carbocycles. The van der Waals surface area contributed by atoms with E-state index in [9.17, 15) is 9.90 Å². The Bertz CT molecular complexity index is 691. The highest BCUT2D eigenvalue weighted by molar-refractivity contribution is 5.97. The second-order valence-electron chi connectivity index (χ2n) is 4.55. The molecule has 2 N–H and O–H groups in total. The van der Waals surface area contributed by atoms with Gasteiger partial charge in [-0.05, 0) is 35.3 Å². The molecular formula is C17H16N2O2. The maximum atomic E-state index is 11.5. The van der Waals surface area contributed by atoms with Gasteiger partial charge in [0.15, 0.2) is 0 Å². The summed E-state index contributed by atoms with van der Waals surface area (Å²) in [4.78, 5) is 11.5. The predicted molar refractivity (Wildman–Crippen MR) is 85.2 cm³/mol. The Kier molecular flexibility index (Phi) is 4.51. The van der Waals surface area contributed by atoms with Crippen molar-refractivity contribution in [2.75, 3.05) is 0 Å². The van der Waals surface area contributed by atoms with Crippen LogP contribution in [0.4, 0.5) is 0 Å². The molecule has 4 heteroatoms. The van der Waals surface area contributed by atoms with Gasteiger partial charge in [-0.1, -0.05) is 42.5 Å². The van der Waals surface area contributed by atoms with Gasteiger partial charge in [0.25, 0.3) is 0 Å². The highest BCUT2D eigenvalue weighted by Crippen LogP contribution is 2.27. The number of hydrogen-bond acceptors (Lipinski definition) is 3. The molecule has 0 heterocycles. The Morgan fingerprint density at radius 1 is 1.24 bits per heavy atom. The molecule has 2 aromatic rings. The van der Waals surface area contributed by atoms with Crippen LogP contribution in [0.5, 0.6) is 0 Å². The van der Waals surface area contributed by atoms with Crippen LogP contribution < -0.4 is 5.43 Å². The van der Waals surface area contributed by atoms with Crippen LogP contribution in [0.15, 0.2) is 59.8 Å². The molecule has 2 rings (SSSR count). The summed E-state index contributed by atoms with van der Waals surface area (Å²) in [6, 6.07) is 14.9. The van der Waals surface area contributed by atoms with Gasteiger partial charge >= 0.3 is 5.97 Å². The third-order valence-electron chi connectivity index (χ3n) is 3.16. The summed E-state index contributed by atoms with van der Waals surface area (Å²) in [6.45, 7) is 5.20. The lowest BCUT2D eigenvalue weighted by molar-refractivity contribution is 0.0697. The highest BCUT2D eigenvalue weighted by atomic mass is 16.4. The van der Waals surface area contributed by atoms with Crippen molar-refractivity contribution in [3.05, 3.63) is 65.9 Å². The summed E-state index contributed by atoms with van der Waals surface area (Å²) in [5.41, 5.74) is 6.21. The zero-order chi connectivity index (χ0) is 15.2. The van der Waals surface area contributed by atoms with Crippen LogP contribution in [0, 0.1) is 0 Å². The number of aromatic carboxylic acids is 1. The minimum atomic E-state index is -0.946. The standard InChI is InChI=1S/C17H16N2O2/c1-12(11-19-18-2)14-8-9-15(16(10-14)17(20)21)13-6-4-3-5-7-13/h3-11,19H,2H2,1H3,(H,20,21)/b12-11+. The molecule has 106 valence electrons. The van der Waals surface area contributed by atoms with E-state index < -0.39 is 5.97 Å².